The molecule has 0 aliphatic heterocycles. The van der Waals surface area contributed by atoms with Crippen LogP contribution in [-0.2, 0) is 23.9 Å². The van der Waals surface area contributed by atoms with Crippen molar-refractivity contribution in [3.8, 4) is 0 Å². The maximum atomic E-state index is 12.8. The molecule has 2 saturated carbocycles. The van der Waals surface area contributed by atoms with Crippen LogP contribution in [0.1, 0.15) is 74.1 Å². The second-order valence-corrected chi connectivity index (χ2v) is 12.9. The van der Waals surface area contributed by atoms with Crippen LogP contribution in [0.3, 0.4) is 0 Å². The zero-order valence-electron chi connectivity index (χ0n) is 24.2. The van der Waals surface area contributed by atoms with Crippen LogP contribution in [0, 0.1) is 39.9 Å². The Morgan fingerprint density at radius 1 is 1.08 bits per heavy atom. The summed E-state index contributed by atoms with van der Waals surface area (Å²) in [5.74, 6) is -5.16. The first-order valence-corrected chi connectivity index (χ1v) is 13.5. The lowest BCUT2D eigenvalue weighted by atomic mass is 9.66. The number of allylic oxidation sites excluding steroid dienone is 3. The van der Waals surface area contributed by atoms with E-state index in [1.54, 1.807) is 27.7 Å². The number of fused-ring (bicyclic) bond motifs is 2. The Kier molecular flexibility index (Phi) is 9.80. The van der Waals surface area contributed by atoms with Crippen molar-refractivity contribution >= 4 is 23.9 Å². The van der Waals surface area contributed by atoms with Crippen molar-refractivity contribution in [2.24, 2.45) is 39.9 Å². The Balaban J connectivity index is 2.22. The molecule has 0 amide bonds. The molecule has 8 heteroatoms. The van der Waals surface area contributed by atoms with E-state index in [2.05, 4.69) is 27.4 Å². The Morgan fingerprint density at radius 3 is 2.13 bits per heavy atom. The van der Waals surface area contributed by atoms with E-state index >= 15 is 0 Å². The highest BCUT2D eigenvalue weighted by atomic mass is 16.5. The second-order valence-electron chi connectivity index (χ2n) is 12.9. The van der Waals surface area contributed by atoms with Gasteiger partial charge in [0.2, 0.25) is 0 Å². The maximum Gasteiger partial charge on any atom is 0.333 e. The predicted octanol–water partition coefficient (Wildman–Crippen LogP) is 5.90. The van der Waals surface area contributed by atoms with Crippen LogP contribution in [-0.4, -0.2) is 45.8 Å². The Labute approximate surface area is 231 Å². The van der Waals surface area contributed by atoms with E-state index < -0.39 is 41.1 Å². The van der Waals surface area contributed by atoms with E-state index in [4.69, 9.17) is 9.84 Å². The lowest BCUT2D eigenvalue weighted by Crippen LogP contribution is -2.31. The summed E-state index contributed by atoms with van der Waals surface area (Å²) in [4.78, 5) is 47.8. The molecule has 3 N–H and O–H groups in total. The average molecular weight is 545 g/mol. The molecule has 216 valence electrons. The largest absolute Gasteiger partial charge is 0.478 e. The fourth-order valence-corrected chi connectivity index (χ4v) is 6.36. The summed E-state index contributed by atoms with van der Waals surface area (Å²) in [6.07, 6.45) is 8.86. The van der Waals surface area contributed by atoms with Gasteiger partial charge in [0.25, 0.3) is 0 Å². The van der Waals surface area contributed by atoms with Crippen molar-refractivity contribution in [3.63, 3.8) is 0 Å². The van der Waals surface area contributed by atoms with Crippen LogP contribution in [0.25, 0.3) is 0 Å². The summed E-state index contributed by atoms with van der Waals surface area (Å²) >= 11 is 0. The molecule has 39 heavy (non-hydrogen) atoms. The minimum absolute atomic E-state index is 0.0106. The van der Waals surface area contributed by atoms with Crippen LogP contribution in [0.5, 0.6) is 0 Å². The molecule has 2 aliphatic rings. The first-order valence-electron chi connectivity index (χ1n) is 13.5. The number of rotatable bonds is 12. The van der Waals surface area contributed by atoms with Gasteiger partial charge >= 0.3 is 23.9 Å². The SMILES string of the molecule is C=C(C(=O)O)C(C=C(C(=O)O)C(C=CC(=O)O)C(C)(C)C)CCOC(=O)C(C)=CC1CC2CCC1(C)C2(C)C. The number of carboxylic acid groups (broad SMARTS) is 3. The topological polar surface area (TPSA) is 138 Å². The summed E-state index contributed by atoms with van der Waals surface area (Å²) in [5, 5.41) is 28.6. The quantitative estimate of drug-likeness (QED) is 0.204. The van der Waals surface area contributed by atoms with Gasteiger partial charge in [0.1, 0.15) is 0 Å². The van der Waals surface area contributed by atoms with Gasteiger partial charge in [0.05, 0.1) is 6.61 Å². The normalized spacial score (nSPS) is 26.3. The third-order valence-electron chi connectivity index (χ3n) is 9.35. The molecular formula is C31H44O8. The molecule has 0 aromatic rings. The number of hydrogen-bond donors (Lipinski definition) is 3. The molecule has 5 unspecified atom stereocenters. The van der Waals surface area contributed by atoms with Crippen molar-refractivity contribution in [1.29, 1.82) is 0 Å². The molecule has 0 radical (unpaired) electrons. The first kappa shape index (κ1) is 32.1. The molecule has 2 fully saturated rings. The molecule has 0 saturated heterocycles. The first-order chi connectivity index (χ1) is 17.8. The maximum absolute atomic E-state index is 12.8. The van der Waals surface area contributed by atoms with Crippen LogP contribution in [0.2, 0.25) is 0 Å². The number of hydrogen-bond acceptors (Lipinski definition) is 5. The lowest BCUT2D eigenvalue weighted by Gasteiger charge is -2.38. The van der Waals surface area contributed by atoms with Crippen molar-refractivity contribution in [2.75, 3.05) is 6.61 Å². The van der Waals surface area contributed by atoms with Gasteiger partial charge in [0, 0.05) is 34.6 Å². The Bertz CT molecular complexity index is 1100. The van der Waals surface area contributed by atoms with E-state index in [0.29, 0.717) is 11.5 Å². The Hall–Kier alpha value is -3.16. The number of carbonyl (C=O) groups is 4. The van der Waals surface area contributed by atoms with Crippen molar-refractivity contribution in [1.82, 2.24) is 0 Å². The average Bonchev–Trinajstić information content (AvgIpc) is 3.14. The van der Waals surface area contributed by atoms with Crippen molar-refractivity contribution in [3.05, 3.63) is 47.6 Å². The third kappa shape index (κ3) is 7.08. The van der Waals surface area contributed by atoms with Gasteiger partial charge < -0.3 is 20.1 Å². The summed E-state index contributed by atoms with van der Waals surface area (Å²) < 4.78 is 5.48. The van der Waals surface area contributed by atoms with Gasteiger partial charge in [-0.15, -0.1) is 0 Å². The molecule has 8 nitrogen and oxygen atoms in total. The highest BCUT2D eigenvalue weighted by molar-refractivity contribution is 5.90. The van der Waals surface area contributed by atoms with Gasteiger partial charge in [-0.2, -0.15) is 0 Å². The predicted molar refractivity (Wildman–Crippen MR) is 148 cm³/mol. The van der Waals surface area contributed by atoms with E-state index in [-0.39, 0.29) is 40.9 Å². The summed E-state index contributed by atoms with van der Waals surface area (Å²) in [6.45, 7) is 17.4. The third-order valence-corrected chi connectivity index (χ3v) is 9.35. The Morgan fingerprint density at radius 2 is 1.69 bits per heavy atom. The molecule has 2 bridgehead atoms. The highest BCUT2D eigenvalue weighted by Crippen LogP contribution is 2.68. The molecule has 0 aromatic carbocycles. The van der Waals surface area contributed by atoms with Gasteiger partial charge in [-0.1, -0.05) is 66.3 Å². The number of ether oxygens (including phenoxy) is 1. The lowest BCUT2D eigenvalue weighted by molar-refractivity contribution is -0.139. The van der Waals surface area contributed by atoms with Crippen LogP contribution in [0.15, 0.2) is 47.6 Å². The van der Waals surface area contributed by atoms with E-state index in [0.717, 1.165) is 18.9 Å². The minimum atomic E-state index is -1.30. The van der Waals surface area contributed by atoms with E-state index in [9.17, 15) is 29.4 Å². The summed E-state index contributed by atoms with van der Waals surface area (Å²) in [7, 11) is 0. The molecule has 2 rings (SSSR count). The molecule has 2 aliphatic carbocycles. The molecule has 0 heterocycles. The van der Waals surface area contributed by atoms with E-state index in [1.165, 1.54) is 18.6 Å². The van der Waals surface area contributed by atoms with Crippen molar-refractivity contribution in [2.45, 2.75) is 74.1 Å². The monoisotopic (exact) mass is 544 g/mol. The summed E-state index contributed by atoms with van der Waals surface area (Å²) in [5.41, 5.74) is -0.232. The molecule has 0 spiro atoms. The summed E-state index contributed by atoms with van der Waals surface area (Å²) in [6, 6.07) is 0. The number of carbonyl (C=O) groups excluding carboxylic acids is 1. The fourth-order valence-electron chi connectivity index (χ4n) is 6.36. The van der Waals surface area contributed by atoms with Crippen LogP contribution in [0.4, 0.5) is 0 Å². The highest BCUT2D eigenvalue weighted by Gasteiger charge is 2.60. The van der Waals surface area contributed by atoms with Crippen molar-refractivity contribution < 1.29 is 39.2 Å². The van der Waals surface area contributed by atoms with Gasteiger partial charge in [-0.3, -0.25) is 0 Å². The zero-order valence-corrected chi connectivity index (χ0v) is 24.2. The minimum Gasteiger partial charge on any atom is -0.478 e. The van der Waals surface area contributed by atoms with Gasteiger partial charge in [-0.05, 0) is 60.7 Å². The second kappa shape index (κ2) is 11.9. The number of carboxylic acids is 3. The standard InChI is InChI=1S/C31H44O8/c1-18(15-22-17-21-11-13-31(22,8)30(21,6)7)28(38)39-14-12-20(19(2)26(34)35)16-23(27(36)37)24(29(3,4)5)9-10-25(32)33/h9-10,15-16,20-22,24H,2,11-14,17H2,1,3-8H3,(H,32,33)(H,34,35)(H,36,37). The number of aliphatic carboxylic acids is 3. The molecular weight excluding hydrogens is 500 g/mol. The number of esters is 1. The van der Waals surface area contributed by atoms with Gasteiger partial charge in [-0.25, -0.2) is 19.2 Å². The van der Waals surface area contributed by atoms with Crippen LogP contribution >= 0.6 is 0 Å². The van der Waals surface area contributed by atoms with Crippen LogP contribution < -0.4 is 0 Å². The fraction of sp³-hybridized carbons (Fsp3) is 0.613. The molecule has 5 atom stereocenters. The van der Waals surface area contributed by atoms with Gasteiger partial charge in [0.15, 0.2) is 0 Å². The smallest absolute Gasteiger partial charge is 0.333 e. The van der Waals surface area contributed by atoms with E-state index in [1.807, 2.05) is 6.08 Å². The molecule has 0 aromatic heterocycles. The zero-order chi connectivity index (χ0) is 29.9.